The number of nitrogens with one attached hydrogen (secondary N) is 1. The average molecular weight is 434 g/mol. The van der Waals surface area contributed by atoms with Gasteiger partial charge in [-0.05, 0) is 75.3 Å². The summed E-state index contributed by atoms with van der Waals surface area (Å²) >= 11 is 0. The summed E-state index contributed by atoms with van der Waals surface area (Å²) in [6.45, 7) is 9.85. The third kappa shape index (κ3) is 6.34. The molecule has 1 atom stereocenters. The van der Waals surface area contributed by atoms with Gasteiger partial charge in [0.15, 0.2) is 5.82 Å². The first-order valence-corrected chi connectivity index (χ1v) is 11.2. The minimum atomic E-state index is -0.402. The highest BCUT2D eigenvalue weighted by Gasteiger charge is 2.10. The lowest BCUT2D eigenvalue weighted by molar-refractivity contribution is -0.384. The van der Waals surface area contributed by atoms with E-state index in [0.717, 1.165) is 54.8 Å². The number of aromatic nitrogens is 2. The number of nitro groups is 1. The summed E-state index contributed by atoms with van der Waals surface area (Å²) in [4.78, 5) is 22.3. The van der Waals surface area contributed by atoms with Gasteiger partial charge in [-0.2, -0.15) is 0 Å². The number of rotatable bonds is 11. The van der Waals surface area contributed by atoms with Crippen LogP contribution in [0.3, 0.4) is 0 Å². The largest absolute Gasteiger partial charge is 0.367 e. The highest BCUT2D eigenvalue weighted by molar-refractivity contribution is 5.90. The summed E-state index contributed by atoms with van der Waals surface area (Å²) in [5.41, 5.74) is 1.81. The Morgan fingerprint density at radius 1 is 1.06 bits per heavy atom. The van der Waals surface area contributed by atoms with Crippen LogP contribution in [0.25, 0.3) is 23.1 Å². The zero-order chi connectivity index (χ0) is 22.9. The molecule has 168 valence electrons. The molecule has 1 heterocycles. The molecule has 0 bridgehead atoms. The van der Waals surface area contributed by atoms with Crippen LogP contribution in [-0.2, 0) is 0 Å². The third-order valence-electron chi connectivity index (χ3n) is 5.54. The summed E-state index contributed by atoms with van der Waals surface area (Å²) < 4.78 is 0. The Kier molecular flexibility index (Phi) is 8.27. The van der Waals surface area contributed by atoms with E-state index in [1.54, 1.807) is 12.1 Å². The van der Waals surface area contributed by atoms with E-state index in [4.69, 9.17) is 4.98 Å². The van der Waals surface area contributed by atoms with Crippen molar-refractivity contribution in [2.45, 2.75) is 39.7 Å². The van der Waals surface area contributed by atoms with Crippen molar-refractivity contribution in [1.82, 2.24) is 14.9 Å². The molecule has 0 radical (unpaired) electrons. The molecule has 3 aromatic rings. The quantitative estimate of drug-likeness (QED) is 0.312. The minimum Gasteiger partial charge on any atom is -0.367 e. The summed E-state index contributed by atoms with van der Waals surface area (Å²) in [5.74, 6) is 1.43. The van der Waals surface area contributed by atoms with E-state index in [2.05, 4.69) is 36.0 Å². The van der Waals surface area contributed by atoms with E-state index in [-0.39, 0.29) is 11.7 Å². The molecule has 1 aromatic heterocycles. The normalized spacial score (nSPS) is 12.5. The molecule has 7 heteroatoms. The molecule has 1 N–H and O–H groups in total. The number of non-ortho nitro benzene ring substituents is 1. The Hall–Kier alpha value is -3.32. The maximum Gasteiger partial charge on any atom is 0.269 e. The molecule has 3 rings (SSSR count). The number of nitro benzene ring substituents is 1. The molecule has 0 aliphatic heterocycles. The predicted octanol–water partition coefficient (Wildman–Crippen LogP) is 5.63. The number of hydrogen-bond acceptors (Lipinski definition) is 6. The number of anilines is 1. The summed E-state index contributed by atoms with van der Waals surface area (Å²) in [5, 5.41) is 15.4. The van der Waals surface area contributed by atoms with Crippen molar-refractivity contribution in [3.63, 3.8) is 0 Å². The van der Waals surface area contributed by atoms with Crippen LogP contribution in [0.5, 0.6) is 0 Å². The molecule has 32 heavy (non-hydrogen) atoms. The first-order valence-electron chi connectivity index (χ1n) is 11.2. The van der Waals surface area contributed by atoms with Crippen LogP contribution in [0.15, 0.2) is 48.5 Å². The van der Waals surface area contributed by atoms with E-state index in [9.17, 15) is 10.1 Å². The van der Waals surface area contributed by atoms with Gasteiger partial charge in [-0.3, -0.25) is 10.1 Å². The average Bonchev–Trinajstić information content (AvgIpc) is 2.81. The monoisotopic (exact) mass is 433 g/mol. The Balaban J connectivity index is 1.75. The smallest absolute Gasteiger partial charge is 0.269 e. The highest BCUT2D eigenvalue weighted by Crippen LogP contribution is 2.22. The molecule has 7 nitrogen and oxygen atoms in total. The van der Waals surface area contributed by atoms with Crippen molar-refractivity contribution in [3.8, 4) is 0 Å². The Morgan fingerprint density at radius 3 is 2.47 bits per heavy atom. The van der Waals surface area contributed by atoms with Crippen molar-refractivity contribution < 1.29 is 4.92 Å². The fourth-order valence-electron chi connectivity index (χ4n) is 3.62. The molecule has 1 unspecified atom stereocenters. The van der Waals surface area contributed by atoms with Gasteiger partial charge in [-0.25, -0.2) is 9.97 Å². The molecule has 0 saturated carbocycles. The number of benzene rings is 2. The molecule has 0 saturated heterocycles. The molecular formula is C25H31N5O2. The van der Waals surface area contributed by atoms with Crippen LogP contribution in [-0.4, -0.2) is 45.5 Å². The van der Waals surface area contributed by atoms with Gasteiger partial charge >= 0.3 is 0 Å². The molecule has 0 aliphatic carbocycles. The fourth-order valence-corrected chi connectivity index (χ4v) is 3.62. The van der Waals surface area contributed by atoms with Gasteiger partial charge in [0.2, 0.25) is 0 Å². The van der Waals surface area contributed by atoms with Crippen LogP contribution in [0.4, 0.5) is 11.5 Å². The van der Waals surface area contributed by atoms with Crippen molar-refractivity contribution in [2.24, 2.45) is 0 Å². The molecule has 0 fully saturated rings. The van der Waals surface area contributed by atoms with Crippen molar-refractivity contribution in [3.05, 3.63) is 70.0 Å². The SMILES string of the molecule is CCN(CC)CCCC(C)Nc1nc(C=Cc2ccc([N+](=O)[O-])cc2)nc2ccccc12. The van der Waals surface area contributed by atoms with Crippen LogP contribution in [0, 0.1) is 10.1 Å². The van der Waals surface area contributed by atoms with Gasteiger partial charge in [-0.15, -0.1) is 0 Å². The number of para-hydroxylation sites is 1. The van der Waals surface area contributed by atoms with Crippen LogP contribution in [0.1, 0.15) is 45.0 Å². The first kappa shape index (κ1) is 23.3. The van der Waals surface area contributed by atoms with Gasteiger partial charge in [-0.1, -0.05) is 32.1 Å². The lowest BCUT2D eigenvalue weighted by Gasteiger charge is -2.20. The maximum atomic E-state index is 10.8. The van der Waals surface area contributed by atoms with Crippen molar-refractivity contribution in [1.29, 1.82) is 0 Å². The molecular weight excluding hydrogens is 402 g/mol. The lowest BCUT2D eigenvalue weighted by atomic mass is 10.1. The number of nitrogens with zero attached hydrogens (tertiary/aromatic N) is 4. The van der Waals surface area contributed by atoms with E-state index < -0.39 is 4.92 Å². The lowest BCUT2D eigenvalue weighted by Crippen LogP contribution is -2.25. The highest BCUT2D eigenvalue weighted by atomic mass is 16.6. The molecule has 0 amide bonds. The van der Waals surface area contributed by atoms with E-state index in [0.29, 0.717) is 5.82 Å². The second kappa shape index (κ2) is 11.3. The van der Waals surface area contributed by atoms with Crippen LogP contribution in [0.2, 0.25) is 0 Å². The Bertz CT molecular complexity index is 1060. The Labute approximate surface area is 189 Å². The van der Waals surface area contributed by atoms with Crippen molar-refractivity contribution in [2.75, 3.05) is 25.0 Å². The summed E-state index contributed by atoms with van der Waals surface area (Å²) in [6, 6.07) is 14.7. The Morgan fingerprint density at radius 2 is 1.78 bits per heavy atom. The van der Waals surface area contributed by atoms with E-state index >= 15 is 0 Å². The zero-order valence-electron chi connectivity index (χ0n) is 19.0. The third-order valence-corrected chi connectivity index (χ3v) is 5.54. The molecule has 0 aliphatic rings. The standard InChI is InChI=1S/C25H31N5O2/c1-4-29(5-2)18-8-9-19(3)26-25-22-10-6-7-11-23(22)27-24(28-25)17-14-20-12-15-21(16-13-20)30(31)32/h6-7,10-17,19H,4-5,8-9,18H2,1-3H3,(H,26,27,28). The van der Waals surface area contributed by atoms with Crippen molar-refractivity contribution >= 4 is 34.6 Å². The van der Waals surface area contributed by atoms with E-state index in [1.165, 1.54) is 12.1 Å². The fraction of sp³-hybridized carbons (Fsp3) is 0.360. The van der Waals surface area contributed by atoms with Gasteiger partial charge in [0.1, 0.15) is 5.82 Å². The van der Waals surface area contributed by atoms with Crippen LogP contribution >= 0.6 is 0 Å². The number of fused-ring (bicyclic) bond motifs is 1. The maximum absolute atomic E-state index is 10.8. The summed E-state index contributed by atoms with van der Waals surface area (Å²) in [6.07, 6.45) is 5.89. The summed E-state index contributed by atoms with van der Waals surface area (Å²) in [7, 11) is 0. The van der Waals surface area contributed by atoms with Gasteiger partial charge in [0, 0.05) is 23.6 Å². The van der Waals surface area contributed by atoms with Crippen LogP contribution < -0.4 is 5.32 Å². The topological polar surface area (TPSA) is 84.2 Å². The van der Waals surface area contributed by atoms with E-state index in [1.807, 2.05) is 36.4 Å². The zero-order valence-corrected chi connectivity index (χ0v) is 19.0. The second-order valence-corrected chi connectivity index (χ2v) is 7.84. The van der Waals surface area contributed by atoms with Gasteiger partial charge in [0.25, 0.3) is 5.69 Å². The predicted molar refractivity (Wildman–Crippen MR) is 132 cm³/mol. The minimum absolute atomic E-state index is 0.0746. The van der Waals surface area contributed by atoms with Gasteiger partial charge in [0.05, 0.1) is 10.4 Å². The first-order chi connectivity index (χ1) is 15.5. The second-order valence-electron chi connectivity index (χ2n) is 7.84. The number of hydrogen-bond donors (Lipinski definition) is 1. The van der Waals surface area contributed by atoms with Gasteiger partial charge < -0.3 is 10.2 Å². The molecule has 0 spiro atoms. The molecule has 2 aromatic carbocycles.